The number of hydrogen-bond acceptors (Lipinski definition) is 3. The highest BCUT2D eigenvalue weighted by Gasteiger charge is 2.10. The van der Waals surface area contributed by atoms with Crippen molar-refractivity contribution >= 4 is 35.6 Å². The van der Waals surface area contributed by atoms with Crippen LogP contribution in [0.15, 0.2) is 12.1 Å². The van der Waals surface area contributed by atoms with Gasteiger partial charge in [-0.2, -0.15) is 0 Å². The van der Waals surface area contributed by atoms with Gasteiger partial charge in [-0.15, -0.1) is 12.4 Å². The van der Waals surface area contributed by atoms with Crippen LogP contribution in [-0.2, 0) is 11.3 Å². The van der Waals surface area contributed by atoms with Crippen molar-refractivity contribution in [3.05, 3.63) is 27.7 Å². The predicted molar refractivity (Wildman–Crippen MR) is 87.7 cm³/mol. The molecule has 0 atom stereocenters. The topological polar surface area (TPSA) is 30.5 Å². The van der Waals surface area contributed by atoms with Crippen molar-refractivity contribution in [1.29, 1.82) is 0 Å². The van der Waals surface area contributed by atoms with Crippen LogP contribution in [0.25, 0.3) is 0 Å². The molecule has 0 fully saturated rings. The smallest absolute Gasteiger partial charge is 0.142 e. The molecule has 1 aromatic rings. The molecule has 0 saturated carbocycles. The van der Waals surface area contributed by atoms with Crippen molar-refractivity contribution in [1.82, 2.24) is 5.32 Å². The van der Waals surface area contributed by atoms with Crippen LogP contribution in [0.3, 0.4) is 0 Å². The molecule has 3 nitrogen and oxygen atoms in total. The van der Waals surface area contributed by atoms with Crippen LogP contribution in [0, 0.1) is 0 Å². The molecule has 0 spiro atoms. The molecule has 0 unspecified atom stereocenters. The van der Waals surface area contributed by atoms with Gasteiger partial charge in [0.05, 0.1) is 11.6 Å². The standard InChI is InChI=1S/C14H21Cl2NO2.ClH/c1-3-18-7-5-6-17-10-11-8-12(15)9-13(16)14(11)19-4-2;/h8-9,17H,3-7,10H2,1-2H3;1H. The Labute approximate surface area is 137 Å². The van der Waals surface area contributed by atoms with Gasteiger partial charge >= 0.3 is 0 Å². The molecule has 6 heteroatoms. The monoisotopic (exact) mass is 341 g/mol. The van der Waals surface area contributed by atoms with Crippen molar-refractivity contribution in [3.8, 4) is 5.75 Å². The summed E-state index contributed by atoms with van der Waals surface area (Å²) in [5.41, 5.74) is 0.982. The lowest BCUT2D eigenvalue weighted by Crippen LogP contribution is -2.17. The zero-order valence-corrected chi connectivity index (χ0v) is 14.2. The third kappa shape index (κ3) is 7.00. The fraction of sp³-hybridized carbons (Fsp3) is 0.571. The van der Waals surface area contributed by atoms with Crippen molar-refractivity contribution in [2.45, 2.75) is 26.8 Å². The quantitative estimate of drug-likeness (QED) is 0.678. The molecule has 1 N–H and O–H groups in total. The molecule has 0 aliphatic carbocycles. The molecule has 1 rings (SSSR count). The number of rotatable bonds is 9. The first-order chi connectivity index (χ1) is 9.19. The fourth-order valence-corrected chi connectivity index (χ4v) is 2.31. The van der Waals surface area contributed by atoms with E-state index in [1.807, 2.05) is 19.9 Å². The molecule has 0 aromatic heterocycles. The molecular formula is C14H22Cl3NO2. The summed E-state index contributed by atoms with van der Waals surface area (Å²) in [5, 5.41) is 4.52. The second kappa shape index (κ2) is 11.5. The van der Waals surface area contributed by atoms with Crippen LogP contribution in [0.2, 0.25) is 10.0 Å². The zero-order valence-electron chi connectivity index (χ0n) is 11.9. The van der Waals surface area contributed by atoms with E-state index < -0.39 is 0 Å². The highest BCUT2D eigenvalue weighted by Crippen LogP contribution is 2.32. The minimum absolute atomic E-state index is 0. The summed E-state index contributed by atoms with van der Waals surface area (Å²) in [6.07, 6.45) is 0.978. The third-order valence-corrected chi connectivity index (χ3v) is 3.03. The number of ether oxygens (including phenoxy) is 2. The molecule has 0 aliphatic rings. The fourth-order valence-electron chi connectivity index (χ4n) is 1.72. The van der Waals surface area contributed by atoms with Crippen molar-refractivity contribution in [3.63, 3.8) is 0 Å². The first kappa shape index (κ1) is 19.8. The summed E-state index contributed by atoms with van der Waals surface area (Å²) < 4.78 is 10.8. The first-order valence-electron chi connectivity index (χ1n) is 6.58. The minimum Gasteiger partial charge on any atom is -0.492 e. The molecule has 0 aliphatic heterocycles. The van der Waals surface area contributed by atoms with Crippen molar-refractivity contribution < 1.29 is 9.47 Å². The third-order valence-electron chi connectivity index (χ3n) is 2.54. The summed E-state index contributed by atoms with van der Waals surface area (Å²) in [4.78, 5) is 0. The van der Waals surface area contributed by atoms with Crippen LogP contribution < -0.4 is 10.1 Å². The van der Waals surface area contributed by atoms with E-state index in [9.17, 15) is 0 Å². The first-order valence-corrected chi connectivity index (χ1v) is 7.33. The van der Waals surface area contributed by atoms with Crippen LogP contribution in [0.5, 0.6) is 5.75 Å². The number of hydrogen-bond donors (Lipinski definition) is 1. The number of halogens is 3. The van der Waals surface area contributed by atoms with Gasteiger partial charge in [0.1, 0.15) is 5.75 Å². The van der Waals surface area contributed by atoms with Crippen molar-refractivity contribution in [2.24, 2.45) is 0 Å². The Morgan fingerprint density at radius 1 is 1.15 bits per heavy atom. The predicted octanol–water partition coefficient (Wildman–Crippen LogP) is 4.33. The van der Waals surface area contributed by atoms with E-state index in [1.54, 1.807) is 6.07 Å². The normalized spacial score (nSPS) is 10.2. The maximum Gasteiger partial charge on any atom is 0.142 e. The Bertz CT molecular complexity index is 389. The molecule has 0 bridgehead atoms. The van der Waals surface area contributed by atoms with Gasteiger partial charge in [-0.3, -0.25) is 0 Å². The lowest BCUT2D eigenvalue weighted by atomic mass is 10.2. The average Bonchev–Trinajstić information content (AvgIpc) is 2.37. The second-order valence-electron chi connectivity index (χ2n) is 4.04. The summed E-state index contributed by atoms with van der Waals surface area (Å²) in [6.45, 7) is 7.62. The molecule has 0 amide bonds. The van der Waals surface area contributed by atoms with Crippen LogP contribution in [0.1, 0.15) is 25.8 Å². The lowest BCUT2D eigenvalue weighted by molar-refractivity contribution is 0.144. The van der Waals surface area contributed by atoms with E-state index in [-0.39, 0.29) is 12.4 Å². The van der Waals surface area contributed by atoms with Crippen molar-refractivity contribution in [2.75, 3.05) is 26.4 Å². The average molecular weight is 343 g/mol. The van der Waals surface area contributed by atoms with Gasteiger partial charge in [-0.05, 0) is 38.9 Å². The Hall–Kier alpha value is -0.190. The van der Waals surface area contributed by atoms with E-state index in [4.69, 9.17) is 32.7 Å². The van der Waals surface area contributed by atoms with Crippen LogP contribution >= 0.6 is 35.6 Å². The van der Waals surface area contributed by atoms with Gasteiger partial charge in [0, 0.05) is 30.3 Å². The van der Waals surface area contributed by atoms with Crippen LogP contribution in [0.4, 0.5) is 0 Å². The van der Waals surface area contributed by atoms with Gasteiger partial charge < -0.3 is 14.8 Å². The number of nitrogens with one attached hydrogen (secondary N) is 1. The zero-order chi connectivity index (χ0) is 14.1. The summed E-state index contributed by atoms with van der Waals surface area (Å²) in [5.74, 6) is 0.714. The largest absolute Gasteiger partial charge is 0.492 e. The summed E-state index contributed by atoms with van der Waals surface area (Å²) in [6, 6.07) is 3.58. The Balaban J connectivity index is 0.00000361. The number of benzene rings is 1. The Morgan fingerprint density at radius 3 is 2.55 bits per heavy atom. The van der Waals surface area contributed by atoms with E-state index in [0.717, 1.165) is 31.7 Å². The van der Waals surface area contributed by atoms with Gasteiger partial charge in [0.25, 0.3) is 0 Å². The molecule has 1 aromatic carbocycles. The Morgan fingerprint density at radius 2 is 1.90 bits per heavy atom. The van der Waals surface area contributed by atoms with Gasteiger partial charge in [-0.25, -0.2) is 0 Å². The minimum atomic E-state index is 0. The summed E-state index contributed by atoms with van der Waals surface area (Å²) >= 11 is 12.2. The molecule has 116 valence electrons. The van der Waals surface area contributed by atoms with E-state index in [1.165, 1.54) is 0 Å². The maximum atomic E-state index is 6.14. The van der Waals surface area contributed by atoms with E-state index >= 15 is 0 Å². The van der Waals surface area contributed by atoms with Gasteiger partial charge in [0.15, 0.2) is 0 Å². The maximum absolute atomic E-state index is 6.14. The van der Waals surface area contributed by atoms with Gasteiger partial charge in [-0.1, -0.05) is 23.2 Å². The molecule has 0 saturated heterocycles. The van der Waals surface area contributed by atoms with E-state index in [0.29, 0.717) is 28.9 Å². The van der Waals surface area contributed by atoms with Crippen LogP contribution in [-0.4, -0.2) is 26.4 Å². The summed E-state index contributed by atoms with van der Waals surface area (Å²) in [7, 11) is 0. The highest BCUT2D eigenvalue weighted by atomic mass is 35.5. The lowest BCUT2D eigenvalue weighted by Gasteiger charge is -2.13. The van der Waals surface area contributed by atoms with E-state index in [2.05, 4.69) is 5.32 Å². The molecule has 20 heavy (non-hydrogen) atoms. The molecular weight excluding hydrogens is 321 g/mol. The molecule has 0 heterocycles. The SMILES string of the molecule is CCOCCCNCc1cc(Cl)cc(Cl)c1OCC.Cl. The highest BCUT2D eigenvalue weighted by molar-refractivity contribution is 6.35. The second-order valence-corrected chi connectivity index (χ2v) is 4.88. The Kier molecular flexibility index (Phi) is 11.4. The van der Waals surface area contributed by atoms with Gasteiger partial charge in [0.2, 0.25) is 0 Å². The molecule has 0 radical (unpaired) electrons.